The van der Waals surface area contributed by atoms with Gasteiger partial charge in [-0.2, -0.15) is 0 Å². The second-order valence-corrected chi connectivity index (χ2v) is 6.39. The average molecular weight is 519 g/mol. The van der Waals surface area contributed by atoms with Crippen molar-refractivity contribution < 1.29 is 9.21 Å². The maximum Gasteiger partial charge on any atom is 0.243 e. The SMILES string of the molecule is CCc1cccc(NC(=O)CNC(=NC)NCc2coc(-c3ccccc3)n2)c1.I. The molecule has 158 valence electrons. The number of aliphatic imine (C=N–C) groups is 1. The lowest BCUT2D eigenvalue weighted by atomic mass is 10.1. The molecule has 1 aromatic heterocycles. The third-order valence-corrected chi connectivity index (χ3v) is 4.27. The van der Waals surface area contributed by atoms with Gasteiger partial charge >= 0.3 is 0 Å². The Morgan fingerprint density at radius 3 is 2.63 bits per heavy atom. The zero-order valence-electron chi connectivity index (χ0n) is 17.0. The van der Waals surface area contributed by atoms with Crippen LogP contribution in [0.5, 0.6) is 0 Å². The van der Waals surface area contributed by atoms with E-state index in [0.29, 0.717) is 18.4 Å². The fourth-order valence-corrected chi connectivity index (χ4v) is 2.73. The molecule has 0 radical (unpaired) electrons. The summed E-state index contributed by atoms with van der Waals surface area (Å²) in [6.07, 6.45) is 2.53. The third-order valence-electron chi connectivity index (χ3n) is 4.27. The Balaban J connectivity index is 0.00000320. The number of oxazole rings is 1. The van der Waals surface area contributed by atoms with Gasteiger partial charge in [0.15, 0.2) is 5.96 Å². The van der Waals surface area contributed by atoms with Crippen LogP contribution in [0.2, 0.25) is 0 Å². The second-order valence-electron chi connectivity index (χ2n) is 6.39. The Bertz CT molecular complexity index is 972. The Morgan fingerprint density at radius 1 is 1.10 bits per heavy atom. The van der Waals surface area contributed by atoms with E-state index in [9.17, 15) is 4.79 Å². The van der Waals surface area contributed by atoms with Gasteiger partial charge in [0.2, 0.25) is 11.8 Å². The third kappa shape index (κ3) is 6.87. The van der Waals surface area contributed by atoms with Crippen LogP contribution in [0.15, 0.2) is 70.3 Å². The van der Waals surface area contributed by atoms with E-state index in [1.807, 2.05) is 54.6 Å². The summed E-state index contributed by atoms with van der Waals surface area (Å²) < 4.78 is 5.52. The van der Waals surface area contributed by atoms with Crippen LogP contribution in [-0.4, -0.2) is 30.4 Å². The van der Waals surface area contributed by atoms with E-state index >= 15 is 0 Å². The number of carbonyl (C=O) groups is 1. The minimum absolute atomic E-state index is 0. The zero-order chi connectivity index (χ0) is 20.5. The Hall–Kier alpha value is -2.88. The van der Waals surface area contributed by atoms with Crippen LogP contribution in [-0.2, 0) is 17.8 Å². The smallest absolute Gasteiger partial charge is 0.243 e. The average Bonchev–Trinajstić information content (AvgIpc) is 3.24. The molecule has 2 aromatic carbocycles. The van der Waals surface area contributed by atoms with Crippen molar-refractivity contribution in [1.29, 1.82) is 0 Å². The van der Waals surface area contributed by atoms with Crippen molar-refractivity contribution in [3.8, 4) is 11.5 Å². The number of guanidine groups is 1. The lowest BCUT2D eigenvalue weighted by Crippen LogP contribution is -2.41. The molecule has 0 saturated heterocycles. The second kappa shape index (κ2) is 12.0. The first kappa shape index (κ1) is 23.4. The first-order chi connectivity index (χ1) is 14.2. The van der Waals surface area contributed by atoms with Crippen molar-refractivity contribution >= 4 is 41.5 Å². The lowest BCUT2D eigenvalue weighted by Gasteiger charge is -2.11. The quantitative estimate of drug-likeness (QED) is 0.251. The molecular weight excluding hydrogens is 493 g/mol. The van der Waals surface area contributed by atoms with Gasteiger partial charge in [-0.25, -0.2) is 4.98 Å². The molecule has 1 heterocycles. The van der Waals surface area contributed by atoms with Gasteiger partial charge in [0.05, 0.1) is 18.8 Å². The molecule has 0 unspecified atom stereocenters. The highest BCUT2D eigenvalue weighted by molar-refractivity contribution is 14.0. The number of nitrogens with one attached hydrogen (secondary N) is 3. The fourth-order valence-electron chi connectivity index (χ4n) is 2.73. The lowest BCUT2D eigenvalue weighted by molar-refractivity contribution is -0.115. The van der Waals surface area contributed by atoms with Gasteiger partial charge in [-0.15, -0.1) is 24.0 Å². The number of aryl methyl sites for hydroxylation is 1. The molecule has 3 N–H and O–H groups in total. The number of nitrogens with zero attached hydrogens (tertiary/aromatic N) is 2. The van der Waals surface area contributed by atoms with Crippen LogP contribution in [0, 0.1) is 0 Å². The summed E-state index contributed by atoms with van der Waals surface area (Å²) >= 11 is 0. The van der Waals surface area contributed by atoms with Crippen molar-refractivity contribution in [3.05, 3.63) is 72.1 Å². The first-order valence-corrected chi connectivity index (χ1v) is 9.51. The molecule has 3 aromatic rings. The minimum atomic E-state index is -0.144. The summed E-state index contributed by atoms with van der Waals surface area (Å²) in [4.78, 5) is 20.8. The summed E-state index contributed by atoms with van der Waals surface area (Å²) in [5.74, 6) is 0.930. The van der Waals surface area contributed by atoms with Crippen molar-refractivity contribution in [2.45, 2.75) is 19.9 Å². The maximum absolute atomic E-state index is 12.2. The maximum atomic E-state index is 12.2. The van der Waals surface area contributed by atoms with Gasteiger partial charge in [0.25, 0.3) is 0 Å². The first-order valence-electron chi connectivity index (χ1n) is 9.51. The predicted molar refractivity (Wildman–Crippen MR) is 130 cm³/mol. The van der Waals surface area contributed by atoms with Gasteiger partial charge in [-0.1, -0.05) is 37.3 Å². The van der Waals surface area contributed by atoms with E-state index in [1.54, 1.807) is 13.3 Å². The van der Waals surface area contributed by atoms with Crippen molar-refractivity contribution in [1.82, 2.24) is 15.6 Å². The van der Waals surface area contributed by atoms with E-state index < -0.39 is 0 Å². The molecule has 8 heteroatoms. The highest BCUT2D eigenvalue weighted by atomic mass is 127. The number of aromatic nitrogens is 1. The molecule has 3 rings (SSSR count). The van der Waals surface area contributed by atoms with Crippen molar-refractivity contribution in [2.24, 2.45) is 4.99 Å². The van der Waals surface area contributed by atoms with Crippen LogP contribution in [0.3, 0.4) is 0 Å². The molecule has 0 atom stereocenters. The van der Waals surface area contributed by atoms with E-state index in [4.69, 9.17) is 4.42 Å². The number of amides is 1. The summed E-state index contributed by atoms with van der Waals surface area (Å²) in [6.45, 7) is 2.61. The molecule has 1 amide bonds. The Kier molecular flexibility index (Phi) is 9.33. The van der Waals surface area contributed by atoms with Crippen LogP contribution in [0.25, 0.3) is 11.5 Å². The minimum Gasteiger partial charge on any atom is -0.444 e. The van der Waals surface area contributed by atoms with E-state index in [2.05, 4.69) is 32.9 Å². The van der Waals surface area contributed by atoms with Gasteiger partial charge in [0, 0.05) is 18.3 Å². The van der Waals surface area contributed by atoms with Gasteiger partial charge in [0.1, 0.15) is 6.26 Å². The predicted octanol–water partition coefficient (Wildman–Crippen LogP) is 3.83. The molecule has 0 aliphatic rings. The summed E-state index contributed by atoms with van der Waals surface area (Å²) in [5.41, 5.74) is 3.63. The van der Waals surface area contributed by atoms with Crippen LogP contribution < -0.4 is 16.0 Å². The number of anilines is 1. The normalized spacial score (nSPS) is 10.8. The summed E-state index contributed by atoms with van der Waals surface area (Å²) in [5, 5.41) is 9.00. The molecule has 0 fully saturated rings. The number of rotatable bonds is 7. The van der Waals surface area contributed by atoms with Crippen molar-refractivity contribution in [2.75, 3.05) is 18.9 Å². The van der Waals surface area contributed by atoms with Gasteiger partial charge in [-0.05, 0) is 36.2 Å². The van der Waals surface area contributed by atoms with Crippen LogP contribution in [0.1, 0.15) is 18.2 Å². The Morgan fingerprint density at radius 2 is 1.90 bits per heavy atom. The molecule has 0 aliphatic heterocycles. The van der Waals surface area contributed by atoms with Gasteiger partial charge < -0.3 is 20.4 Å². The highest BCUT2D eigenvalue weighted by Gasteiger charge is 2.08. The van der Waals surface area contributed by atoms with Crippen LogP contribution in [0.4, 0.5) is 5.69 Å². The Labute approximate surface area is 193 Å². The number of hydrogen-bond donors (Lipinski definition) is 3. The molecule has 0 aliphatic carbocycles. The molecule has 30 heavy (non-hydrogen) atoms. The van der Waals surface area contributed by atoms with Crippen molar-refractivity contribution in [3.63, 3.8) is 0 Å². The largest absolute Gasteiger partial charge is 0.444 e. The molecule has 7 nitrogen and oxygen atoms in total. The topological polar surface area (TPSA) is 91.5 Å². The number of carbonyl (C=O) groups excluding carboxylic acids is 1. The van der Waals surface area contributed by atoms with E-state index in [-0.39, 0.29) is 36.4 Å². The molecule has 0 bridgehead atoms. The number of hydrogen-bond acceptors (Lipinski definition) is 4. The highest BCUT2D eigenvalue weighted by Crippen LogP contribution is 2.17. The molecule has 0 spiro atoms. The number of benzene rings is 2. The summed E-state index contributed by atoms with van der Waals surface area (Å²) in [6, 6.07) is 17.5. The van der Waals surface area contributed by atoms with Crippen LogP contribution >= 0.6 is 24.0 Å². The number of halogens is 1. The fraction of sp³-hybridized carbons (Fsp3) is 0.227. The van der Waals surface area contributed by atoms with E-state index in [0.717, 1.165) is 23.4 Å². The van der Waals surface area contributed by atoms with Gasteiger partial charge in [-0.3, -0.25) is 9.79 Å². The monoisotopic (exact) mass is 519 g/mol. The summed E-state index contributed by atoms with van der Waals surface area (Å²) in [7, 11) is 1.65. The standard InChI is InChI=1S/C22H25N5O2.HI/c1-3-16-8-7-11-18(12-16)26-20(28)14-25-22(23-2)24-13-19-15-29-21(27-19)17-9-5-4-6-10-17;/h4-12,15H,3,13-14H2,1-2H3,(H,26,28)(H2,23,24,25);1H. The van der Waals surface area contributed by atoms with E-state index in [1.165, 1.54) is 5.56 Å². The molecule has 0 saturated carbocycles. The zero-order valence-corrected chi connectivity index (χ0v) is 19.3. The molecular formula is C22H26IN5O2.